The fourth-order valence-corrected chi connectivity index (χ4v) is 5.50. The molecular weight excluding hydrogens is 536 g/mol. The van der Waals surface area contributed by atoms with Gasteiger partial charge in [-0.05, 0) is 35.4 Å². The molecule has 40 heavy (non-hydrogen) atoms. The summed E-state index contributed by atoms with van der Waals surface area (Å²) in [6.45, 7) is 1.93. The summed E-state index contributed by atoms with van der Waals surface area (Å²) in [6, 6.07) is 17.5. The lowest BCUT2D eigenvalue weighted by Crippen LogP contribution is -2.38. The van der Waals surface area contributed by atoms with E-state index in [1.165, 1.54) is 17.8 Å². The molecule has 1 aliphatic rings. The topological polar surface area (TPSA) is 155 Å². The molecular formula is C29H30N2O8S. The molecule has 4 N–H and O–H groups in total. The number of nitrogens with one attached hydrogen (secondary N) is 1. The van der Waals surface area contributed by atoms with Crippen molar-refractivity contribution in [3.05, 3.63) is 89.1 Å². The standard InChI is InChI=1S/C29H30N2O8S/c1-17-23(16-40-27-22(28(36)37)6-3-13-30-27)38-29(39-26(17)19-9-7-18(15-32)8-10-19)20-4-2-5-21(14-20)31-24(33)11-12-25(34)35/h2-10,13-14,17,23,26,29,32H,11-12,15-16H2,1H3,(H,31,33)(H,34,35)(H,36,37). The van der Waals surface area contributed by atoms with Gasteiger partial charge in [0.05, 0.1) is 30.8 Å². The maximum atomic E-state index is 12.2. The van der Waals surface area contributed by atoms with E-state index >= 15 is 0 Å². The monoisotopic (exact) mass is 566 g/mol. The zero-order valence-corrected chi connectivity index (χ0v) is 22.5. The van der Waals surface area contributed by atoms with Crippen LogP contribution in [0.15, 0.2) is 71.9 Å². The number of aromatic nitrogens is 1. The number of aliphatic hydroxyl groups is 1. The molecule has 2 aromatic carbocycles. The Morgan fingerprint density at radius 1 is 0.975 bits per heavy atom. The number of hydrogen-bond acceptors (Lipinski definition) is 8. The van der Waals surface area contributed by atoms with Crippen molar-refractivity contribution in [1.82, 2.24) is 4.98 Å². The minimum absolute atomic E-state index is 0.0761. The van der Waals surface area contributed by atoms with Crippen molar-refractivity contribution in [1.29, 1.82) is 0 Å². The second kappa shape index (κ2) is 13.5. The number of ether oxygens (including phenoxy) is 2. The number of hydrogen-bond donors (Lipinski definition) is 4. The van der Waals surface area contributed by atoms with Crippen LogP contribution >= 0.6 is 11.8 Å². The number of aromatic carboxylic acids is 1. The van der Waals surface area contributed by atoms with E-state index in [0.29, 0.717) is 22.0 Å². The number of pyridine rings is 1. The Bertz CT molecular complexity index is 1350. The minimum Gasteiger partial charge on any atom is -0.481 e. The first-order valence-corrected chi connectivity index (χ1v) is 13.7. The van der Waals surface area contributed by atoms with E-state index in [1.807, 2.05) is 37.3 Å². The van der Waals surface area contributed by atoms with Crippen LogP contribution in [0.2, 0.25) is 0 Å². The highest BCUT2D eigenvalue weighted by Crippen LogP contribution is 2.43. The van der Waals surface area contributed by atoms with E-state index < -0.39 is 24.1 Å². The Morgan fingerprint density at radius 3 is 2.45 bits per heavy atom. The fourth-order valence-electron chi connectivity index (χ4n) is 4.35. The second-order valence-corrected chi connectivity index (χ2v) is 10.4. The molecule has 1 aromatic heterocycles. The van der Waals surface area contributed by atoms with Crippen LogP contribution in [-0.4, -0.2) is 50.0 Å². The normalized spacial score (nSPS) is 20.6. The second-order valence-electron chi connectivity index (χ2n) is 9.36. The average molecular weight is 567 g/mol. The first kappa shape index (κ1) is 29.2. The van der Waals surface area contributed by atoms with Crippen LogP contribution in [0.3, 0.4) is 0 Å². The predicted molar refractivity (Wildman–Crippen MR) is 147 cm³/mol. The molecule has 0 radical (unpaired) electrons. The Labute approximate surface area is 235 Å². The SMILES string of the molecule is CC1C(CSc2ncccc2C(=O)O)OC(c2cccc(NC(=O)CCC(=O)O)c2)OC1c1ccc(CO)cc1. The number of aliphatic hydroxyl groups excluding tert-OH is 1. The van der Waals surface area contributed by atoms with Gasteiger partial charge in [-0.25, -0.2) is 9.78 Å². The van der Waals surface area contributed by atoms with E-state index in [0.717, 1.165) is 11.1 Å². The van der Waals surface area contributed by atoms with Crippen LogP contribution in [0.1, 0.15) is 59.2 Å². The van der Waals surface area contributed by atoms with Crippen LogP contribution in [0.25, 0.3) is 0 Å². The van der Waals surface area contributed by atoms with Gasteiger partial charge in [-0.1, -0.05) is 43.3 Å². The van der Waals surface area contributed by atoms with Crippen molar-refractivity contribution >= 4 is 35.3 Å². The summed E-state index contributed by atoms with van der Waals surface area (Å²) in [4.78, 5) is 38.9. The van der Waals surface area contributed by atoms with Crippen molar-refractivity contribution in [2.45, 2.75) is 49.9 Å². The van der Waals surface area contributed by atoms with Crippen LogP contribution in [0.5, 0.6) is 0 Å². The number of anilines is 1. The summed E-state index contributed by atoms with van der Waals surface area (Å²) in [7, 11) is 0. The van der Waals surface area contributed by atoms with Crippen LogP contribution < -0.4 is 5.32 Å². The van der Waals surface area contributed by atoms with E-state index in [9.17, 15) is 24.6 Å². The lowest BCUT2D eigenvalue weighted by Gasteiger charge is -2.41. The van der Waals surface area contributed by atoms with Crippen molar-refractivity contribution in [2.75, 3.05) is 11.1 Å². The third-order valence-electron chi connectivity index (χ3n) is 6.52. The van der Waals surface area contributed by atoms with Gasteiger partial charge < -0.3 is 30.1 Å². The molecule has 1 saturated heterocycles. The number of aliphatic carboxylic acids is 1. The molecule has 4 unspecified atom stereocenters. The highest BCUT2D eigenvalue weighted by molar-refractivity contribution is 7.99. The zero-order valence-electron chi connectivity index (χ0n) is 21.7. The number of carboxylic acids is 2. The summed E-state index contributed by atoms with van der Waals surface area (Å²) in [5.41, 5.74) is 2.92. The Kier molecular flexibility index (Phi) is 9.88. The van der Waals surface area contributed by atoms with Crippen molar-refractivity contribution in [2.24, 2.45) is 5.92 Å². The van der Waals surface area contributed by atoms with E-state index in [-0.39, 0.29) is 43.1 Å². The molecule has 0 saturated carbocycles. The molecule has 1 aliphatic heterocycles. The first-order chi connectivity index (χ1) is 19.2. The number of carbonyl (C=O) groups is 3. The molecule has 3 aromatic rings. The molecule has 2 heterocycles. The minimum atomic E-state index is -1.06. The van der Waals surface area contributed by atoms with Crippen molar-refractivity contribution < 1.29 is 39.2 Å². The lowest BCUT2D eigenvalue weighted by molar-refractivity contribution is -0.268. The molecule has 0 spiro atoms. The summed E-state index contributed by atoms with van der Waals surface area (Å²) in [5.74, 6) is -2.24. The van der Waals surface area contributed by atoms with Gasteiger partial charge in [-0.2, -0.15) is 0 Å². The smallest absolute Gasteiger partial charge is 0.338 e. The van der Waals surface area contributed by atoms with Crippen molar-refractivity contribution in [3.63, 3.8) is 0 Å². The van der Waals surface area contributed by atoms with Crippen LogP contribution in [-0.2, 0) is 25.7 Å². The summed E-state index contributed by atoms with van der Waals surface area (Å²) in [5, 5.41) is 30.9. The first-order valence-electron chi connectivity index (χ1n) is 12.7. The lowest BCUT2D eigenvalue weighted by atomic mass is 9.91. The van der Waals surface area contributed by atoms with Gasteiger partial charge in [0.25, 0.3) is 0 Å². The van der Waals surface area contributed by atoms with Gasteiger partial charge in [-0.3, -0.25) is 9.59 Å². The zero-order chi connectivity index (χ0) is 28.6. The molecule has 10 nitrogen and oxygen atoms in total. The summed E-state index contributed by atoms with van der Waals surface area (Å²) in [6.07, 6.45) is -0.410. The van der Waals surface area contributed by atoms with Gasteiger partial charge in [0.1, 0.15) is 5.03 Å². The molecule has 11 heteroatoms. The predicted octanol–water partition coefficient (Wildman–Crippen LogP) is 4.66. The molecule has 4 atom stereocenters. The Balaban J connectivity index is 1.58. The molecule has 0 bridgehead atoms. The van der Waals surface area contributed by atoms with E-state index in [1.54, 1.807) is 30.5 Å². The van der Waals surface area contributed by atoms with Gasteiger partial charge in [0.15, 0.2) is 6.29 Å². The number of thioether (sulfide) groups is 1. The Morgan fingerprint density at radius 2 is 1.75 bits per heavy atom. The summed E-state index contributed by atoms with van der Waals surface area (Å²) >= 11 is 1.29. The number of nitrogens with zero attached hydrogens (tertiary/aromatic N) is 1. The molecule has 0 aliphatic carbocycles. The third kappa shape index (κ3) is 7.45. The number of amides is 1. The number of rotatable bonds is 11. The van der Waals surface area contributed by atoms with Gasteiger partial charge in [0.2, 0.25) is 5.91 Å². The van der Waals surface area contributed by atoms with Gasteiger partial charge in [-0.15, -0.1) is 11.8 Å². The maximum Gasteiger partial charge on any atom is 0.338 e. The van der Waals surface area contributed by atoms with Crippen LogP contribution in [0, 0.1) is 5.92 Å². The fraction of sp³-hybridized carbons (Fsp3) is 0.310. The average Bonchev–Trinajstić information content (AvgIpc) is 2.96. The number of carbonyl (C=O) groups excluding carboxylic acids is 1. The van der Waals surface area contributed by atoms with E-state index in [4.69, 9.17) is 14.6 Å². The third-order valence-corrected chi connectivity index (χ3v) is 7.61. The van der Waals surface area contributed by atoms with E-state index in [2.05, 4.69) is 10.3 Å². The summed E-state index contributed by atoms with van der Waals surface area (Å²) < 4.78 is 12.8. The number of carboxylic acid groups (broad SMARTS) is 2. The van der Waals surface area contributed by atoms with Gasteiger partial charge in [0, 0.05) is 35.5 Å². The molecule has 1 amide bonds. The molecule has 210 valence electrons. The molecule has 1 fully saturated rings. The van der Waals surface area contributed by atoms with Gasteiger partial charge >= 0.3 is 11.9 Å². The largest absolute Gasteiger partial charge is 0.481 e. The molecule has 4 rings (SSSR count). The highest BCUT2D eigenvalue weighted by atomic mass is 32.2. The Hall–Kier alpha value is -3.77. The highest BCUT2D eigenvalue weighted by Gasteiger charge is 2.38. The maximum absolute atomic E-state index is 12.2. The van der Waals surface area contributed by atoms with Crippen LogP contribution in [0.4, 0.5) is 5.69 Å². The number of benzene rings is 2. The quantitative estimate of drug-likeness (QED) is 0.241. The van der Waals surface area contributed by atoms with Crippen molar-refractivity contribution in [3.8, 4) is 0 Å².